The van der Waals surface area contributed by atoms with Gasteiger partial charge in [0.25, 0.3) is 0 Å². The van der Waals surface area contributed by atoms with E-state index in [9.17, 15) is 8.78 Å². The highest BCUT2D eigenvalue weighted by atomic mass is 35.5. The third-order valence-corrected chi connectivity index (χ3v) is 7.57. The molecule has 1 atom stereocenters. The molecule has 0 radical (unpaired) electrons. The fourth-order valence-corrected chi connectivity index (χ4v) is 5.77. The van der Waals surface area contributed by atoms with E-state index in [0.29, 0.717) is 69.0 Å². The number of nitrogen functional groups attached to an aromatic ring is 1. The van der Waals surface area contributed by atoms with Gasteiger partial charge in [-0.1, -0.05) is 36.2 Å². The highest BCUT2D eigenvalue weighted by Gasteiger charge is 2.40. The number of aromatic nitrogens is 5. The van der Waals surface area contributed by atoms with Crippen molar-refractivity contribution in [1.82, 2.24) is 25.0 Å². The zero-order valence-corrected chi connectivity index (χ0v) is 23.0. The Morgan fingerprint density at radius 3 is 2.42 bits per heavy atom. The van der Waals surface area contributed by atoms with E-state index in [0.717, 1.165) is 11.1 Å². The summed E-state index contributed by atoms with van der Waals surface area (Å²) in [7, 11) is 0. The van der Waals surface area contributed by atoms with Crippen LogP contribution in [0.25, 0.3) is 0 Å². The third-order valence-electron chi connectivity index (χ3n) is 6.97. The van der Waals surface area contributed by atoms with Crippen molar-refractivity contribution in [3.05, 3.63) is 93.1 Å². The minimum atomic E-state index is -2.68. The van der Waals surface area contributed by atoms with Crippen LogP contribution in [0.4, 0.5) is 20.3 Å². The van der Waals surface area contributed by atoms with Gasteiger partial charge in [0.05, 0.1) is 27.5 Å². The maximum Gasteiger partial charge on any atom is 0.333 e. The number of rotatable bonds is 9. The van der Waals surface area contributed by atoms with Crippen LogP contribution in [0.3, 0.4) is 0 Å². The molecule has 40 heavy (non-hydrogen) atoms. The van der Waals surface area contributed by atoms with Gasteiger partial charge in [-0.25, -0.2) is 4.68 Å². The standard InChI is InChI=1S/C27H27Cl2F2N9/c1-15(24-19(28)10-35-11-20(24)29)6-16-2-3-21(32)18(7-16)25(33)22-4-5-23(38-37-22)39-13-27(34,14-39)8-17-9-36-40(12-17)26(30)31/h2-5,7,9-12,15,26,33H,6,8,13-14,32,34H2,1H3/t15-/m0/s1. The molecule has 0 saturated carbocycles. The maximum absolute atomic E-state index is 12.8. The zero-order chi connectivity index (χ0) is 28.6. The van der Waals surface area contributed by atoms with E-state index in [1.807, 2.05) is 24.0 Å². The van der Waals surface area contributed by atoms with Crippen molar-refractivity contribution in [3.8, 4) is 0 Å². The summed E-state index contributed by atoms with van der Waals surface area (Å²) in [5.41, 5.74) is 16.1. The largest absolute Gasteiger partial charge is 0.398 e. The van der Waals surface area contributed by atoms with Crippen molar-refractivity contribution in [2.24, 2.45) is 5.73 Å². The summed E-state index contributed by atoms with van der Waals surface area (Å²) < 4.78 is 26.2. The van der Waals surface area contributed by atoms with Gasteiger partial charge in [0, 0.05) is 42.9 Å². The van der Waals surface area contributed by atoms with E-state index in [4.69, 9.17) is 40.1 Å². The summed E-state index contributed by atoms with van der Waals surface area (Å²) in [5, 5.41) is 22.0. The summed E-state index contributed by atoms with van der Waals surface area (Å²) in [4.78, 5) is 5.96. The minimum absolute atomic E-state index is 0.0133. The van der Waals surface area contributed by atoms with Crippen molar-refractivity contribution >= 4 is 40.4 Å². The molecule has 0 spiro atoms. The minimum Gasteiger partial charge on any atom is -0.398 e. The first-order chi connectivity index (χ1) is 19.0. The van der Waals surface area contributed by atoms with Gasteiger partial charge in [0.2, 0.25) is 0 Å². The quantitative estimate of drug-likeness (QED) is 0.188. The molecule has 0 amide bonds. The highest BCUT2D eigenvalue weighted by molar-refractivity contribution is 6.35. The lowest BCUT2D eigenvalue weighted by atomic mass is 9.85. The molecule has 1 aromatic carbocycles. The molecular weight excluding hydrogens is 559 g/mol. The SMILES string of the molecule is C[C@@H](Cc1ccc(N)c(C(=N)c2ccc(N3CC(N)(Cc4cnn(C(F)F)c4)C3)nn2)c1)c1c(Cl)cncc1Cl. The average Bonchev–Trinajstić information content (AvgIpc) is 3.36. The number of nitrogens with one attached hydrogen (secondary N) is 1. The number of pyridine rings is 1. The van der Waals surface area contributed by atoms with Crippen LogP contribution in [0.5, 0.6) is 0 Å². The predicted molar refractivity (Wildman–Crippen MR) is 152 cm³/mol. The number of anilines is 2. The van der Waals surface area contributed by atoms with E-state index in [2.05, 4.69) is 20.3 Å². The zero-order valence-electron chi connectivity index (χ0n) is 21.5. The Hall–Kier alpha value is -3.67. The van der Waals surface area contributed by atoms with Crippen LogP contribution in [0.1, 0.15) is 47.3 Å². The number of hydrogen-bond donors (Lipinski definition) is 3. The highest BCUT2D eigenvalue weighted by Crippen LogP contribution is 2.33. The van der Waals surface area contributed by atoms with Crippen LogP contribution in [-0.2, 0) is 12.8 Å². The maximum atomic E-state index is 12.8. The summed E-state index contributed by atoms with van der Waals surface area (Å²) in [6, 6.07) is 9.07. The number of hydrogen-bond acceptors (Lipinski definition) is 8. The molecule has 0 bridgehead atoms. The summed E-state index contributed by atoms with van der Waals surface area (Å²) in [5.74, 6) is 0.627. The second-order valence-electron chi connectivity index (χ2n) is 10.2. The molecular formula is C27H27Cl2F2N9. The fraction of sp³-hybridized carbons (Fsp3) is 0.296. The van der Waals surface area contributed by atoms with Crippen molar-refractivity contribution < 1.29 is 8.78 Å². The van der Waals surface area contributed by atoms with Gasteiger partial charge < -0.3 is 16.4 Å². The Morgan fingerprint density at radius 1 is 1.07 bits per heavy atom. The van der Waals surface area contributed by atoms with Crippen LogP contribution in [-0.4, -0.2) is 49.3 Å². The van der Waals surface area contributed by atoms with Gasteiger partial charge in [-0.05, 0) is 59.7 Å². The topological polar surface area (TPSA) is 136 Å². The Balaban J connectivity index is 1.24. The monoisotopic (exact) mass is 585 g/mol. The lowest BCUT2D eigenvalue weighted by Gasteiger charge is -2.48. The molecule has 1 aliphatic rings. The second kappa shape index (κ2) is 11.1. The molecule has 1 fully saturated rings. The summed E-state index contributed by atoms with van der Waals surface area (Å²) in [6.07, 6.45) is 6.92. The molecule has 4 heterocycles. The second-order valence-corrected chi connectivity index (χ2v) is 11.0. The molecule has 4 aromatic rings. The third kappa shape index (κ3) is 5.77. The van der Waals surface area contributed by atoms with E-state index in [1.165, 1.54) is 12.4 Å². The van der Waals surface area contributed by atoms with Crippen molar-refractivity contribution in [1.29, 1.82) is 5.41 Å². The van der Waals surface area contributed by atoms with Crippen LogP contribution >= 0.6 is 23.2 Å². The number of nitrogens with two attached hydrogens (primary N) is 2. The van der Waals surface area contributed by atoms with Gasteiger partial charge in [-0.15, -0.1) is 10.2 Å². The van der Waals surface area contributed by atoms with E-state index in [1.54, 1.807) is 30.6 Å². The summed E-state index contributed by atoms with van der Waals surface area (Å²) in [6.45, 7) is 0.314. The van der Waals surface area contributed by atoms with Crippen LogP contribution < -0.4 is 16.4 Å². The number of nitrogens with zero attached hydrogens (tertiary/aromatic N) is 6. The van der Waals surface area contributed by atoms with Crippen molar-refractivity contribution in [2.45, 2.75) is 37.8 Å². The molecule has 9 nitrogen and oxygen atoms in total. The molecule has 3 aromatic heterocycles. The number of alkyl halides is 2. The lowest BCUT2D eigenvalue weighted by Crippen LogP contribution is -2.68. The van der Waals surface area contributed by atoms with Gasteiger partial charge >= 0.3 is 6.55 Å². The van der Waals surface area contributed by atoms with Crippen LogP contribution in [0.2, 0.25) is 10.0 Å². The summed E-state index contributed by atoms with van der Waals surface area (Å²) >= 11 is 12.7. The Labute approximate surface area is 239 Å². The molecule has 208 valence electrons. The van der Waals surface area contributed by atoms with E-state index >= 15 is 0 Å². The van der Waals surface area contributed by atoms with Crippen molar-refractivity contribution in [3.63, 3.8) is 0 Å². The molecule has 0 unspecified atom stereocenters. The Kier molecular flexibility index (Phi) is 7.72. The first kappa shape index (κ1) is 27.9. The van der Waals surface area contributed by atoms with Crippen molar-refractivity contribution in [2.75, 3.05) is 23.7 Å². The van der Waals surface area contributed by atoms with E-state index in [-0.39, 0.29) is 11.6 Å². The van der Waals surface area contributed by atoms with E-state index < -0.39 is 12.1 Å². The molecule has 0 aliphatic carbocycles. The van der Waals surface area contributed by atoms with Crippen LogP contribution in [0.15, 0.2) is 55.1 Å². The average molecular weight is 586 g/mol. The fourth-order valence-electron chi connectivity index (χ4n) is 5.03. The van der Waals surface area contributed by atoms with Gasteiger partial charge in [-0.2, -0.15) is 13.9 Å². The number of benzene rings is 1. The molecule has 5 rings (SSSR count). The van der Waals surface area contributed by atoms with Crippen LogP contribution in [0, 0.1) is 5.41 Å². The Morgan fingerprint density at radius 2 is 1.80 bits per heavy atom. The normalized spacial score (nSPS) is 15.2. The predicted octanol–water partition coefficient (Wildman–Crippen LogP) is 4.87. The molecule has 1 saturated heterocycles. The first-order valence-corrected chi connectivity index (χ1v) is 13.2. The van der Waals surface area contributed by atoms with Gasteiger partial charge in [0.1, 0.15) is 5.69 Å². The van der Waals surface area contributed by atoms with Gasteiger partial charge in [0.15, 0.2) is 5.82 Å². The lowest BCUT2D eigenvalue weighted by molar-refractivity contribution is 0.0565. The molecule has 13 heteroatoms. The molecule has 5 N–H and O–H groups in total. The number of halogens is 4. The smallest absolute Gasteiger partial charge is 0.333 e. The molecule has 1 aliphatic heterocycles. The first-order valence-electron chi connectivity index (χ1n) is 12.5. The Bertz CT molecular complexity index is 1520. The van der Waals surface area contributed by atoms with Gasteiger partial charge in [-0.3, -0.25) is 10.4 Å².